The number of hydrogen-bond donors (Lipinski definition) is 1. The second kappa shape index (κ2) is 6.06. The zero-order valence-electron chi connectivity index (χ0n) is 12.6. The number of nitrogens with zero attached hydrogens (tertiary/aromatic N) is 2. The first-order valence-corrected chi connectivity index (χ1v) is 7.41. The first kappa shape index (κ1) is 15.6. The number of benzene rings is 1. The van der Waals surface area contributed by atoms with Gasteiger partial charge in [-0.1, -0.05) is 0 Å². The summed E-state index contributed by atoms with van der Waals surface area (Å²) in [4.78, 5) is 13.9. The lowest BCUT2D eigenvalue weighted by molar-refractivity contribution is 0.0700. The number of piperidine rings is 1. The van der Waals surface area contributed by atoms with E-state index in [9.17, 15) is 18.0 Å². The largest absolute Gasteiger partial charge is 0.338 e. The Kier molecular flexibility index (Phi) is 4.11. The molecule has 0 saturated carbocycles. The number of aryl methyl sites for hydroxylation is 1. The van der Waals surface area contributed by atoms with Gasteiger partial charge in [0.1, 0.15) is 5.82 Å². The van der Waals surface area contributed by atoms with E-state index in [-0.39, 0.29) is 5.92 Å². The van der Waals surface area contributed by atoms with Crippen LogP contribution in [0.4, 0.5) is 13.2 Å². The molecule has 2 aromatic rings. The monoisotopic (exact) mass is 323 g/mol. The van der Waals surface area contributed by atoms with Gasteiger partial charge in [-0.2, -0.15) is 5.10 Å². The molecule has 1 saturated heterocycles. The van der Waals surface area contributed by atoms with E-state index in [1.54, 1.807) is 0 Å². The van der Waals surface area contributed by atoms with Gasteiger partial charge in [0.15, 0.2) is 11.6 Å². The lowest BCUT2D eigenvalue weighted by atomic mass is 9.94. The fourth-order valence-corrected chi connectivity index (χ4v) is 2.91. The molecule has 1 fully saturated rings. The van der Waals surface area contributed by atoms with E-state index in [0.717, 1.165) is 24.2 Å². The molecule has 2 heterocycles. The summed E-state index contributed by atoms with van der Waals surface area (Å²) in [5, 5.41) is 7.06. The van der Waals surface area contributed by atoms with Crippen LogP contribution in [0.2, 0.25) is 0 Å². The highest BCUT2D eigenvalue weighted by atomic mass is 19.2. The minimum absolute atomic E-state index is 0.0472. The van der Waals surface area contributed by atoms with Crippen molar-refractivity contribution in [2.45, 2.75) is 25.7 Å². The summed E-state index contributed by atoms with van der Waals surface area (Å²) in [5.41, 5.74) is 1.34. The molecule has 0 aliphatic carbocycles. The Balaban J connectivity index is 1.81. The van der Waals surface area contributed by atoms with Crippen molar-refractivity contribution in [3.05, 3.63) is 52.6 Å². The van der Waals surface area contributed by atoms with Crippen LogP contribution in [-0.4, -0.2) is 34.1 Å². The predicted molar refractivity (Wildman–Crippen MR) is 77.5 cm³/mol. The van der Waals surface area contributed by atoms with Gasteiger partial charge in [-0.3, -0.25) is 9.89 Å². The summed E-state index contributed by atoms with van der Waals surface area (Å²) in [6.45, 7) is 2.72. The zero-order chi connectivity index (χ0) is 16.6. The number of carbonyl (C=O) groups is 1. The highest BCUT2D eigenvalue weighted by molar-refractivity contribution is 5.94. The second-order valence-corrected chi connectivity index (χ2v) is 5.81. The number of nitrogens with one attached hydrogen (secondary N) is 1. The second-order valence-electron chi connectivity index (χ2n) is 5.81. The molecule has 0 spiro atoms. The zero-order valence-corrected chi connectivity index (χ0v) is 12.6. The fraction of sp³-hybridized carbons (Fsp3) is 0.375. The number of H-pyrrole nitrogens is 1. The van der Waals surface area contributed by atoms with Crippen molar-refractivity contribution in [3.8, 4) is 0 Å². The molecule has 0 radical (unpaired) electrons. The maximum atomic E-state index is 13.8. The van der Waals surface area contributed by atoms with Crippen LogP contribution in [-0.2, 0) is 0 Å². The number of amides is 1. The van der Waals surface area contributed by atoms with E-state index < -0.39 is 28.9 Å². The molecule has 1 atom stereocenters. The lowest BCUT2D eigenvalue weighted by Gasteiger charge is -2.32. The molecule has 1 aliphatic rings. The summed E-state index contributed by atoms with van der Waals surface area (Å²) in [7, 11) is 0. The number of aromatic nitrogens is 2. The molecule has 3 rings (SSSR count). The Morgan fingerprint density at radius 2 is 1.96 bits per heavy atom. The van der Waals surface area contributed by atoms with Crippen LogP contribution in [0.1, 0.15) is 40.5 Å². The predicted octanol–water partition coefficient (Wildman–Crippen LogP) is 3.16. The third-order valence-electron chi connectivity index (χ3n) is 4.09. The van der Waals surface area contributed by atoms with Gasteiger partial charge in [-0.25, -0.2) is 13.2 Å². The maximum Gasteiger partial charge on any atom is 0.256 e. The minimum atomic E-state index is -1.30. The molecule has 1 aromatic carbocycles. The van der Waals surface area contributed by atoms with E-state index in [1.165, 1.54) is 4.90 Å². The molecule has 1 N–H and O–H groups in total. The third kappa shape index (κ3) is 3.09. The summed E-state index contributed by atoms with van der Waals surface area (Å²) < 4.78 is 40.1. The Bertz CT molecular complexity index is 744. The first-order valence-electron chi connectivity index (χ1n) is 7.41. The van der Waals surface area contributed by atoms with Crippen molar-refractivity contribution in [2.75, 3.05) is 13.1 Å². The average molecular weight is 323 g/mol. The summed E-state index contributed by atoms with van der Waals surface area (Å²) in [6.07, 6.45) is 1.61. The fourth-order valence-electron chi connectivity index (χ4n) is 2.91. The van der Waals surface area contributed by atoms with Crippen LogP contribution in [0.5, 0.6) is 0 Å². The first-order chi connectivity index (χ1) is 11.0. The quantitative estimate of drug-likeness (QED) is 0.863. The van der Waals surface area contributed by atoms with E-state index in [0.29, 0.717) is 25.2 Å². The van der Waals surface area contributed by atoms with Crippen molar-refractivity contribution < 1.29 is 18.0 Å². The molecule has 0 bridgehead atoms. The Morgan fingerprint density at radius 3 is 2.65 bits per heavy atom. The molecule has 4 nitrogen and oxygen atoms in total. The SMILES string of the molecule is Cc1cc([C@@H]2CCCN(C(=O)c3cc(F)c(F)cc3F)C2)n[nH]1. The van der Waals surface area contributed by atoms with Crippen molar-refractivity contribution >= 4 is 5.91 Å². The molecule has 23 heavy (non-hydrogen) atoms. The molecule has 0 unspecified atom stereocenters. The van der Waals surface area contributed by atoms with E-state index in [2.05, 4.69) is 10.2 Å². The van der Waals surface area contributed by atoms with Crippen LogP contribution in [0.3, 0.4) is 0 Å². The maximum absolute atomic E-state index is 13.8. The normalized spacial score (nSPS) is 18.3. The summed E-state index contributed by atoms with van der Waals surface area (Å²) in [5.74, 6) is -4.16. The number of hydrogen-bond acceptors (Lipinski definition) is 2. The number of likely N-dealkylation sites (tertiary alicyclic amines) is 1. The summed E-state index contributed by atoms with van der Waals surface area (Å²) >= 11 is 0. The molecule has 1 amide bonds. The average Bonchev–Trinajstić information content (AvgIpc) is 2.97. The Labute approximate surface area is 131 Å². The van der Waals surface area contributed by atoms with Gasteiger partial charge in [-0.15, -0.1) is 0 Å². The topological polar surface area (TPSA) is 49.0 Å². The number of carbonyl (C=O) groups excluding carboxylic acids is 1. The van der Waals surface area contributed by atoms with Crippen LogP contribution >= 0.6 is 0 Å². The van der Waals surface area contributed by atoms with Crippen LogP contribution in [0.15, 0.2) is 18.2 Å². The lowest BCUT2D eigenvalue weighted by Crippen LogP contribution is -2.39. The van der Waals surface area contributed by atoms with Gasteiger partial charge >= 0.3 is 0 Å². The van der Waals surface area contributed by atoms with E-state index in [4.69, 9.17) is 0 Å². The van der Waals surface area contributed by atoms with Crippen LogP contribution in [0, 0.1) is 24.4 Å². The van der Waals surface area contributed by atoms with Crippen molar-refractivity contribution in [2.24, 2.45) is 0 Å². The standard InChI is InChI=1S/C16H16F3N3O/c1-9-5-15(21-20-9)10-3-2-4-22(8-10)16(23)11-6-13(18)14(19)7-12(11)17/h5-7,10H,2-4,8H2,1H3,(H,20,21)/t10-/m1/s1. The molecule has 1 aliphatic heterocycles. The van der Waals surface area contributed by atoms with Crippen molar-refractivity contribution in [1.29, 1.82) is 0 Å². The molecule has 7 heteroatoms. The number of aromatic amines is 1. The third-order valence-corrected chi connectivity index (χ3v) is 4.09. The van der Waals surface area contributed by atoms with Gasteiger partial charge in [-0.05, 0) is 31.9 Å². The van der Waals surface area contributed by atoms with Crippen molar-refractivity contribution in [3.63, 3.8) is 0 Å². The number of halogens is 3. The summed E-state index contributed by atoms with van der Waals surface area (Å²) in [6, 6.07) is 2.94. The smallest absolute Gasteiger partial charge is 0.256 e. The molecule has 122 valence electrons. The van der Waals surface area contributed by atoms with Crippen molar-refractivity contribution in [1.82, 2.24) is 15.1 Å². The molecular formula is C16H16F3N3O. The van der Waals surface area contributed by atoms with E-state index in [1.807, 2.05) is 13.0 Å². The van der Waals surface area contributed by atoms with Gasteiger partial charge < -0.3 is 4.90 Å². The van der Waals surface area contributed by atoms with Gasteiger partial charge in [0.05, 0.1) is 11.3 Å². The minimum Gasteiger partial charge on any atom is -0.338 e. The molecular weight excluding hydrogens is 307 g/mol. The Morgan fingerprint density at radius 1 is 1.22 bits per heavy atom. The van der Waals surface area contributed by atoms with Gasteiger partial charge in [0.25, 0.3) is 5.91 Å². The van der Waals surface area contributed by atoms with Crippen LogP contribution in [0.25, 0.3) is 0 Å². The molecule has 1 aromatic heterocycles. The Hall–Kier alpha value is -2.31. The van der Waals surface area contributed by atoms with Gasteiger partial charge in [0, 0.05) is 30.8 Å². The van der Waals surface area contributed by atoms with Gasteiger partial charge in [0.2, 0.25) is 0 Å². The number of rotatable bonds is 2. The van der Waals surface area contributed by atoms with E-state index >= 15 is 0 Å². The van der Waals surface area contributed by atoms with Crippen LogP contribution < -0.4 is 0 Å². The highest BCUT2D eigenvalue weighted by Gasteiger charge is 2.28. The highest BCUT2D eigenvalue weighted by Crippen LogP contribution is 2.27.